The summed E-state index contributed by atoms with van der Waals surface area (Å²) in [5.41, 5.74) is 1.15. The highest BCUT2D eigenvalue weighted by Gasteiger charge is 2.41. The number of carbonyl (C=O) groups is 1. The number of nitrogens with zero attached hydrogens (tertiary/aromatic N) is 2. The molecule has 0 unspecified atom stereocenters. The number of carbonyl (C=O) groups excluding carboxylic acids is 1. The van der Waals surface area contributed by atoms with Crippen LogP contribution in [0.3, 0.4) is 0 Å². The number of rotatable bonds is 4. The van der Waals surface area contributed by atoms with Gasteiger partial charge in [-0.1, -0.05) is 6.92 Å². The second-order valence-electron chi connectivity index (χ2n) is 4.53. The van der Waals surface area contributed by atoms with Crippen LogP contribution in [0.25, 0.3) is 0 Å². The topological polar surface area (TPSA) is 33.2 Å². The van der Waals surface area contributed by atoms with Crippen LogP contribution >= 0.6 is 0 Å². The van der Waals surface area contributed by atoms with E-state index in [0.717, 1.165) is 18.5 Å². The first-order valence-electron chi connectivity index (χ1n) is 5.90. The van der Waals surface area contributed by atoms with Crippen LogP contribution in [0.2, 0.25) is 0 Å². The Labute approximate surface area is 96.5 Å². The number of aromatic nitrogens is 1. The molecule has 3 heteroatoms. The average Bonchev–Trinajstić information content (AvgIpc) is 3.04. The number of hydrogen-bond acceptors (Lipinski definition) is 2. The fourth-order valence-corrected chi connectivity index (χ4v) is 1.95. The van der Waals surface area contributed by atoms with Crippen molar-refractivity contribution in [2.45, 2.75) is 26.8 Å². The summed E-state index contributed by atoms with van der Waals surface area (Å²) in [5, 5.41) is 0. The van der Waals surface area contributed by atoms with Crippen LogP contribution in [-0.2, 0) is 11.3 Å². The molecule has 0 bridgehead atoms. The smallest absolute Gasteiger partial charge is 0.226 e. The van der Waals surface area contributed by atoms with Crippen molar-refractivity contribution in [2.75, 3.05) is 6.54 Å². The summed E-state index contributed by atoms with van der Waals surface area (Å²) < 4.78 is 0. The van der Waals surface area contributed by atoms with Crippen molar-refractivity contribution in [2.24, 2.45) is 11.8 Å². The fourth-order valence-electron chi connectivity index (χ4n) is 1.95. The highest BCUT2D eigenvalue weighted by Crippen LogP contribution is 2.39. The number of hydrogen-bond donors (Lipinski definition) is 0. The molecule has 16 heavy (non-hydrogen) atoms. The van der Waals surface area contributed by atoms with Crippen LogP contribution in [0.1, 0.15) is 25.8 Å². The molecule has 0 radical (unpaired) electrons. The van der Waals surface area contributed by atoms with Crippen molar-refractivity contribution in [3.8, 4) is 0 Å². The average molecular weight is 218 g/mol. The minimum Gasteiger partial charge on any atom is -0.338 e. The largest absolute Gasteiger partial charge is 0.338 e. The lowest BCUT2D eigenvalue weighted by atomic mass is 10.2. The molecule has 0 N–H and O–H groups in total. The van der Waals surface area contributed by atoms with Crippen molar-refractivity contribution in [3.63, 3.8) is 0 Å². The van der Waals surface area contributed by atoms with Gasteiger partial charge in [-0.25, -0.2) is 0 Å². The van der Waals surface area contributed by atoms with Crippen LogP contribution in [0, 0.1) is 11.8 Å². The zero-order valence-corrected chi connectivity index (χ0v) is 9.89. The third kappa shape index (κ3) is 2.40. The Morgan fingerprint density at radius 3 is 2.62 bits per heavy atom. The third-order valence-electron chi connectivity index (χ3n) is 3.24. The zero-order valence-electron chi connectivity index (χ0n) is 9.89. The Bertz CT molecular complexity index is 363. The van der Waals surface area contributed by atoms with Crippen molar-refractivity contribution in [3.05, 3.63) is 30.1 Å². The molecular weight excluding hydrogens is 200 g/mol. The van der Waals surface area contributed by atoms with Gasteiger partial charge in [0.05, 0.1) is 0 Å². The summed E-state index contributed by atoms with van der Waals surface area (Å²) in [6.07, 6.45) is 4.60. The lowest BCUT2D eigenvalue weighted by Gasteiger charge is -2.21. The predicted octanol–water partition coefficient (Wildman–Crippen LogP) is 2.09. The molecule has 2 rings (SSSR count). The molecular formula is C13H18N2O. The fraction of sp³-hybridized carbons (Fsp3) is 0.538. The minimum atomic E-state index is 0.279. The highest BCUT2D eigenvalue weighted by atomic mass is 16.2. The van der Waals surface area contributed by atoms with Gasteiger partial charge >= 0.3 is 0 Å². The summed E-state index contributed by atoms with van der Waals surface area (Å²) in [7, 11) is 0. The van der Waals surface area contributed by atoms with Gasteiger partial charge in [0.15, 0.2) is 0 Å². The molecule has 86 valence electrons. The van der Waals surface area contributed by atoms with Crippen LogP contribution in [0.4, 0.5) is 0 Å². The van der Waals surface area contributed by atoms with Crippen LogP contribution < -0.4 is 0 Å². The molecule has 1 amide bonds. The predicted molar refractivity (Wildman–Crippen MR) is 62.6 cm³/mol. The first kappa shape index (κ1) is 11.1. The standard InChI is InChI=1S/C13H18N2O/c1-3-15(13(16)12-8-10(12)2)9-11-4-6-14-7-5-11/h4-7,10,12H,3,8-9H2,1-2H3/t10-,12+/m1/s1. The van der Waals surface area contributed by atoms with Gasteiger partial charge in [-0.05, 0) is 37.0 Å². The molecule has 1 saturated carbocycles. The monoisotopic (exact) mass is 218 g/mol. The summed E-state index contributed by atoms with van der Waals surface area (Å²) >= 11 is 0. The molecule has 1 heterocycles. The van der Waals surface area contributed by atoms with Crippen molar-refractivity contribution < 1.29 is 4.79 Å². The molecule has 0 saturated heterocycles. The van der Waals surface area contributed by atoms with Gasteiger partial charge in [-0.3, -0.25) is 9.78 Å². The Hall–Kier alpha value is -1.38. The Kier molecular flexibility index (Phi) is 3.22. The molecule has 1 aliphatic rings. The Morgan fingerprint density at radius 1 is 1.50 bits per heavy atom. The zero-order chi connectivity index (χ0) is 11.5. The van der Waals surface area contributed by atoms with Gasteiger partial charge in [-0.2, -0.15) is 0 Å². The van der Waals surface area contributed by atoms with Gasteiger partial charge in [0, 0.05) is 31.4 Å². The SMILES string of the molecule is CCN(Cc1ccncc1)C(=O)[C@H]1C[C@H]1C. The van der Waals surface area contributed by atoms with E-state index in [2.05, 4.69) is 11.9 Å². The molecule has 1 aromatic rings. The maximum absolute atomic E-state index is 12.1. The van der Waals surface area contributed by atoms with E-state index in [9.17, 15) is 4.79 Å². The third-order valence-corrected chi connectivity index (χ3v) is 3.24. The minimum absolute atomic E-state index is 0.279. The summed E-state index contributed by atoms with van der Waals surface area (Å²) in [4.78, 5) is 18.0. The lowest BCUT2D eigenvalue weighted by molar-refractivity contribution is -0.133. The highest BCUT2D eigenvalue weighted by molar-refractivity contribution is 5.81. The first-order valence-corrected chi connectivity index (χ1v) is 5.90. The summed E-state index contributed by atoms with van der Waals surface area (Å²) in [5.74, 6) is 1.17. The Morgan fingerprint density at radius 2 is 2.12 bits per heavy atom. The quantitative estimate of drug-likeness (QED) is 0.775. The molecule has 0 aromatic carbocycles. The normalized spacial score (nSPS) is 22.9. The number of pyridine rings is 1. The summed E-state index contributed by atoms with van der Waals surface area (Å²) in [6, 6.07) is 3.93. The lowest BCUT2D eigenvalue weighted by Crippen LogP contribution is -2.31. The molecule has 1 aliphatic carbocycles. The maximum atomic E-state index is 12.1. The molecule has 0 spiro atoms. The van der Waals surface area contributed by atoms with Crippen molar-refractivity contribution >= 4 is 5.91 Å². The van der Waals surface area contributed by atoms with E-state index in [-0.39, 0.29) is 5.92 Å². The van der Waals surface area contributed by atoms with E-state index in [1.54, 1.807) is 12.4 Å². The summed E-state index contributed by atoms with van der Waals surface area (Å²) in [6.45, 7) is 5.67. The molecule has 2 atom stereocenters. The van der Waals surface area contributed by atoms with E-state index in [1.807, 2.05) is 24.0 Å². The van der Waals surface area contributed by atoms with Gasteiger partial charge in [-0.15, -0.1) is 0 Å². The van der Waals surface area contributed by atoms with Gasteiger partial charge in [0.1, 0.15) is 0 Å². The number of amides is 1. The maximum Gasteiger partial charge on any atom is 0.226 e. The molecule has 0 aliphatic heterocycles. The second kappa shape index (κ2) is 4.64. The van der Waals surface area contributed by atoms with Gasteiger partial charge in [0.25, 0.3) is 0 Å². The van der Waals surface area contributed by atoms with Gasteiger partial charge < -0.3 is 4.90 Å². The van der Waals surface area contributed by atoms with E-state index < -0.39 is 0 Å². The molecule has 3 nitrogen and oxygen atoms in total. The molecule has 1 aromatic heterocycles. The van der Waals surface area contributed by atoms with Gasteiger partial charge in [0.2, 0.25) is 5.91 Å². The first-order chi connectivity index (χ1) is 7.72. The Balaban J connectivity index is 1.98. The van der Waals surface area contributed by atoms with Crippen molar-refractivity contribution in [1.29, 1.82) is 0 Å². The van der Waals surface area contributed by atoms with Crippen molar-refractivity contribution in [1.82, 2.24) is 9.88 Å². The van der Waals surface area contributed by atoms with E-state index in [1.165, 1.54) is 0 Å². The van der Waals surface area contributed by atoms with Crippen LogP contribution in [0.5, 0.6) is 0 Å². The van der Waals surface area contributed by atoms with Crippen LogP contribution in [-0.4, -0.2) is 22.3 Å². The second-order valence-corrected chi connectivity index (χ2v) is 4.53. The van der Waals surface area contributed by atoms with E-state index >= 15 is 0 Å². The molecule has 1 fully saturated rings. The van der Waals surface area contributed by atoms with E-state index in [0.29, 0.717) is 18.4 Å². The van der Waals surface area contributed by atoms with E-state index in [4.69, 9.17) is 0 Å². The van der Waals surface area contributed by atoms with Crippen LogP contribution in [0.15, 0.2) is 24.5 Å².